The third-order valence-electron chi connectivity index (χ3n) is 2.27. The van der Waals surface area contributed by atoms with E-state index in [1.54, 1.807) is 9.63 Å². The topological polar surface area (TPSA) is 62.5 Å². The maximum absolute atomic E-state index is 11.9. The molecule has 1 heterocycles. The first kappa shape index (κ1) is 10.6. The van der Waals surface area contributed by atoms with Gasteiger partial charge in [0.25, 0.3) is 0 Å². The van der Waals surface area contributed by atoms with Gasteiger partial charge in [-0.05, 0) is 0 Å². The van der Waals surface area contributed by atoms with Crippen LogP contribution in [0.1, 0.15) is 6.04 Å². The summed E-state index contributed by atoms with van der Waals surface area (Å²) in [4.78, 5) is 11.9. The van der Waals surface area contributed by atoms with Crippen molar-refractivity contribution in [3.05, 3.63) is 34.6 Å². The second-order valence-corrected chi connectivity index (χ2v) is 5.37. The number of rotatable bonds is 3. The summed E-state index contributed by atoms with van der Waals surface area (Å²) in [5.41, 5.74) is -0.0845. The van der Waals surface area contributed by atoms with Crippen molar-refractivity contribution in [1.29, 1.82) is 0 Å². The minimum absolute atomic E-state index is 0.0845. The van der Waals surface area contributed by atoms with Crippen LogP contribution >= 0.6 is 0 Å². The van der Waals surface area contributed by atoms with E-state index in [9.17, 15) is 4.79 Å². The summed E-state index contributed by atoms with van der Waals surface area (Å²) in [6.45, 7) is -0.393. The van der Waals surface area contributed by atoms with Crippen LogP contribution in [0.4, 0.5) is 0 Å². The van der Waals surface area contributed by atoms with Crippen LogP contribution in [-0.2, 0) is 0 Å². The van der Waals surface area contributed by atoms with Gasteiger partial charge in [-0.1, -0.05) is 0 Å². The van der Waals surface area contributed by atoms with Gasteiger partial charge in [-0.15, -0.1) is 0 Å². The molecule has 0 atom stereocenters. The van der Waals surface area contributed by atoms with Gasteiger partial charge in [-0.2, -0.15) is 0 Å². The van der Waals surface area contributed by atoms with Gasteiger partial charge in [0.15, 0.2) is 0 Å². The Hall–Kier alpha value is -0.871. The molecule has 2 rings (SSSR count). The van der Waals surface area contributed by atoms with Gasteiger partial charge in [0.05, 0.1) is 0 Å². The Labute approximate surface area is 92.4 Å². The zero-order valence-corrected chi connectivity index (χ0v) is 9.67. The predicted molar refractivity (Wildman–Crippen MR) is 58.4 cm³/mol. The normalized spacial score (nSPS) is 11.4. The van der Waals surface area contributed by atoms with E-state index in [1.165, 1.54) is 0 Å². The molecule has 0 unspecified atom stereocenters. The molecule has 0 bridgehead atoms. The predicted octanol–water partition coefficient (Wildman–Crippen LogP) is -0.416. The molecule has 0 amide bonds. The molecule has 0 saturated carbocycles. The molecule has 0 spiro atoms. The van der Waals surface area contributed by atoms with Crippen molar-refractivity contribution in [3.8, 4) is 0 Å². The van der Waals surface area contributed by atoms with Gasteiger partial charge in [0.2, 0.25) is 0 Å². The molecule has 0 radical (unpaired) electrons. The van der Waals surface area contributed by atoms with Crippen molar-refractivity contribution in [2.75, 3.05) is 13.2 Å². The van der Waals surface area contributed by atoms with Crippen molar-refractivity contribution in [2.24, 2.45) is 0 Å². The molecular formula is C10H11NO3Se. The number of hydrogen-bond donors (Lipinski definition) is 2. The molecule has 0 saturated heterocycles. The van der Waals surface area contributed by atoms with Crippen LogP contribution in [0.25, 0.3) is 9.65 Å². The van der Waals surface area contributed by atoms with Crippen LogP contribution in [0.5, 0.6) is 0 Å². The fourth-order valence-electron chi connectivity index (χ4n) is 1.44. The van der Waals surface area contributed by atoms with Crippen LogP contribution in [-0.4, -0.2) is 41.7 Å². The van der Waals surface area contributed by atoms with Crippen LogP contribution < -0.4 is 5.56 Å². The van der Waals surface area contributed by atoms with Crippen molar-refractivity contribution in [1.82, 2.24) is 3.56 Å². The van der Waals surface area contributed by atoms with E-state index in [0.717, 1.165) is 4.26 Å². The second-order valence-electron chi connectivity index (χ2n) is 3.24. The quantitative estimate of drug-likeness (QED) is 0.746. The fraction of sp³-hybridized carbons (Fsp3) is 0.300. The van der Waals surface area contributed by atoms with E-state index in [0.29, 0.717) is 5.39 Å². The van der Waals surface area contributed by atoms with Crippen molar-refractivity contribution in [3.63, 3.8) is 0 Å². The Morgan fingerprint density at radius 2 is 1.93 bits per heavy atom. The van der Waals surface area contributed by atoms with Crippen LogP contribution in [0.15, 0.2) is 29.1 Å². The van der Waals surface area contributed by atoms with Gasteiger partial charge >= 0.3 is 92.0 Å². The number of aliphatic hydroxyl groups excluding tert-OH is 2. The molecule has 1 aromatic carbocycles. The summed E-state index contributed by atoms with van der Waals surface area (Å²) in [5, 5.41) is 18.8. The van der Waals surface area contributed by atoms with E-state index in [1.807, 2.05) is 18.2 Å². The molecule has 2 aromatic rings. The van der Waals surface area contributed by atoms with Gasteiger partial charge in [-0.25, -0.2) is 0 Å². The van der Waals surface area contributed by atoms with E-state index in [2.05, 4.69) is 0 Å². The van der Waals surface area contributed by atoms with Gasteiger partial charge in [-0.3, -0.25) is 0 Å². The summed E-state index contributed by atoms with van der Waals surface area (Å²) in [6.07, 6.45) is 0. The number of fused-ring (bicyclic) bond motifs is 1. The SMILES string of the molecule is O=c1c2ccccc2[se]n1C(CO)CO. The Balaban J connectivity index is 2.62. The van der Waals surface area contributed by atoms with Crippen LogP contribution in [0.3, 0.4) is 0 Å². The monoisotopic (exact) mass is 273 g/mol. The standard InChI is InChI=1S/C10H11NO3Se/c12-5-7(6-13)11-10(14)8-3-1-2-4-9(8)15-11/h1-4,7,12-13H,5-6H2. The first-order valence-corrected chi connectivity index (χ1v) is 6.22. The number of benzene rings is 1. The Bertz CT molecular complexity index is 513. The first-order valence-electron chi connectivity index (χ1n) is 4.60. The summed E-state index contributed by atoms with van der Waals surface area (Å²) < 4.78 is 2.58. The molecule has 0 fully saturated rings. The number of hydrogen-bond acceptors (Lipinski definition) is 3. The van der Waals surface area contributed by atoms with Crippen LogP contribution in [0, 0.1) is 0 Å². The zero-order valence-electron chi connectivity index (χ0n) is 7.96. The fourth-order valence-corrected chi connectivity index (χ4v) is 3.68. The zero-order chi connectivity index (χ0) is 10.8. The molecule has 0 aliphatic rings. The molecule has 4 nitrogen and oxygen atoms in total. The van der Waals surface area contributed by atoms with Crippen molar-refractivity contribution in [2.45, 2.75) is 6.04 Å². The third kappa shape index (κ3) is 1.79. The summed E-state index contributed by atoms with van der Waals surface area (Å²) in [6, 6.07) is 6.95. The van der Waals surface area contributed by atoms with Gasteiger partial charge < -0.3 is 0 Å². The van der Waals surface area contributed by atoms with E-state index in [4.69, 9.17) is 10.2 Å². The average Bonchev–Trinajstić information content (AvgIpc) is 2.60. The molecule has 0 aliphatic heterocycles. The average molecular weight is 272 g/mol. The molecule has 2 N–H and O–H groups in total. The number of aromatic nitrogens is 1. The molecule has 1 aromatic heterocycles. The Morgan fingerprint density at radius 3 is 2.53 bits per heavy atom. The molecule has 80 valence electrons. The van der Waals surface area contributed by atoms with Crippen LogP contribution in [0.2, 0.25) is 0 Å². The Morgan fingerprint density at radius 1 is 1.27 bits per heavy atom. The second kappa shape index (κ2) is 4.33. The Kier molecular flexibility index (Phi) is 3.07. The summed E-state index contributed by atoms with van der Waals surface area (Å²) in [5.74, 6) is 0. The number of nitrogens with zero attached hydrogens (tertiary/aromatic N) is 1. The van der Waals surface area contributed by atoms with Crippen molar-refractivity contribution >= 4 is 24.4 Å². The molecular weight excluding hydrogens is 261 g/mol. The number of aliphatic hydroxyl groups is 2. The van der Waals surface area contributed by atoms with Crippen molar-refractivity contribution < 1.29 is 10.2 Å². The van der Waals surface area contributed by atoms with Gasteiger partial charge in [0.1, 0.15) is 0 Å². The van der Waals surface area contributed by atoms with E-state index < -0.39 is 6.04 Å². The van der Waals surface area contributed by atoms with Gasteiger partial charge in [0, 0.05) is 0 Å². The molecule has 5 heteroatoms. The summed E-state index contributed by atoms with van der Waals surface area (Å²) in [7, 11) is 0. The minimum atomic E-state index is -0.468. The van der Waals surface area contributed by atoms with E-state index >= 15 is 0 Å². The third-order valence-corrected chi connectivity index (χ3v) is 4.81. The van der Waals surface area contributed by atoms with E-state index in [-0.39, 0.29) is 33.5 Å². The molecule has 0 aliphatic carbocycles. The maximum atomic E-state index is 11.9. The summed E-state index contributed by atoms with van der Waals surface area (Å²) >= 11 is -0.121. The molecule has 15 heavy (non-hydrogen) atoms. The first-order chi connectivity index (χ1) is 7.27.